The summed E-state index contributed by atoms with van der Waals surface area (Å²) < 4.78 is 40.6. The van der Waals surface area contributed by atoms with Gasteiger partial charge in [0.05, 0.1) is 12.7 Å². The van der Waals surface area contributed by atoms with Gasteiger partial charge in [0, 0.05) is 10.9 Å². The van der Waals surface area contributed by atoms with Gasteiger partial charge in [0.1, 0.15) is 6.61 Å². The topological polar surface area (TPSA) is 29.5 Å². The summed E-state index contributed by atoms with van der Waals surface area (Å²) in [6.07, 6.45) is -5.01. The minimum atomic E-state index is -4.35. The summed E-state index contributed by atoms with van der Waals surface area (Å²) in [5.74, 6) is 0. The molecule has 0 aliphatic rings. The maximum Gasteiger partial charge on any atom is 0.411 e. The first-order valence-corrected chi connectivity index (χ1v) is 5.73. The van der Waals surface area contributed by atoms with Crippen molar-refractivity contribution in [3.8, 4) is 0 Å². The van der Waals surface area contributed by atoms with Crippen molar-refractivity contribution in [3.63, 3.8) is 0 Å². The Morgan fingerprint density at radius 3 is 2.35 bits per heavy atom. The second-order valence-electron chi connectivity index (χ2n) is 3.61. The lowest BCUT2D eigenvalue weighted by atomic mass is 10.1. The van der Waals surface area contributed by atoms with Gasteiger partial charge in [-0.15, -0.1) is 0 Å². The Hall–Kier alpha value is -0.590. The highest BCUT2D eigenvalue weighted by atomic mass is 79.9. The zero-order chi connectivity index (χ0) is 12.9. The van der Waals surface area contributed by atoms with E-state index in [2.05, 4.69) is 20.7 Å². The number of aliphatic hydroxyl groups excluding tert-OH is 1. The predicted octanol–water partition coefficient (Wildman–Crippen LogP) is 2.93. The third kappa shape index (κ3) is 6.65. The van der Waals surface area contributed by atoms with E-state index < -0.39 is 18.9 Å². The SMILES string of the molecule is OC(COCC(F)(F)F)Cc1ccc(Br)cc1. The fourth-order valence-electron chi connectivity index (χ4n) is 1.26. The van der Waals surface area contributed by atoms with Gasteiger partial charge in [0.25, 0.3) is 0 Å². The number of aliphatic hydroxyl groups is 1. The van der Waals surface area contributed by atoms with Crippen LogP contribution in [0.15, 0.2) is 28.7 Å². The lowest BCUT2D eigenvalue weighted by Crippen LogP contribution is -2.24. The molecule has 17 heavy (non-hydrogen) atoms. The molecule has 0 saturated carbocycles. The van der Waals surface area contributed by atoms with Gasteiger partial charge in [-0.1, -0.05) is 28.1 Å². The largest absolute Gasteiger partial charge is 0.411 e. The fraction of sp³-hybridized carbons (Fsp3) is 0.455. The number of benzene rings is 1. The van der Waals surface area contributed by atoms with E-state index in [1.165, 1.54) is 0 Å². The van der Waals surface area contributed by atoms with Crippen LogP contribution < -0.4 is 0 Å². The Morgan fingerprint density at radius 1 is 1.24 bits per heavy atom. The molecule has 6 heteroatoms. The summed E-state index contributed by atoms with van der Waals surface area (Å²) in [4.78, 5) is 0. The van der Waals surface area contributed by atoms with Crippen molar-refractivity contribution in [2.45, 2.75) is 18.7 Å². The molecule has 0 radical (unpaired) electrons. The third-order valence-electron chi connectivity index (χ3n) is 1.96. The van der Waals surface area contributed by atoms with E-state index in [-0.39, 0.29) is 13.0 Å². The first kappa shape index (κ1) is 14.5. The van der Waals surface area contributed by atoms with Crippen molar-refractivity contribution >= 4 is 15.9 Å². The van der Waals surface area contributed by atoms with Crippen LogP contribution in [-0.4, -0.2) is 30.6 Å². The van der Waals surface area contributed by atoms with Crippen molar-refractivity contribution in [1.29, 1.82) is 0 Å². The second-order valence-corrected chi connectivity index (χ2v) is 4.53. The second kappa shape index (κ2) is 6.37. The molecule has 1 N–H and O–H groups in total. The van der Waals surface area contributed by atoms with Crippen LogP contribution >= 0.6 is 15.9 Å². The molecule has 1 atom stereocenters. The van der Waals surface area contributed by atoms with Gasteiger partial charge in [-0.2, -0.15) is 13.2 Å². The van der Waals surface area contributed by atoms with Crippen LogP contribution in [0.25, 0.3) is 0 Å². The average Bonchev–Trinajstić information content (AvgIpc) is 2.19. The molecule has 1 aromatic carbocycles. The summed E-state index contributed by atoms with van der Waals surface area (Å²) in [5.41, 5.74) is 0.844. The van der Waals surface area contributed by atoms with E-state index in [0.717, 1.165) is 10.0 Å². The Bertz CT molecular complexity index is 338. The van der Waals surface area contributed by atoms with Gasteiger partial charge in [0.2, 0.25) is 0 Å². The van der Waals surface area contributed by atoms with Gasteiger partial charge in [-0.05, 0) is 17.7 Å². The normalized spacial score (nSPS) is 13.7. The molecule has 1 aromatic rings. The first-order valence-electron chi connectivity index (χ1n) is 4.94. The molecule has 0 heterocycles. The van der Waals surface area contributed by atoms with E-state index in [1.54, 1.807) is 24.3 Å². The van der Waals surface area contributed by atoms with Gasteiger partial charge < -0.3 is 9.84 Å². The van der Waals surface area contributed by atoms with Crippen molar-refractivity contribution in [1.82, 2.24) is 0 Å². The van der Waals surface area contributed by atoms with Crippen molar-refractivity contribution < 1.29 is 23.0 Å². The van der Waals surface area contributed by atoms with Gasteiger partial charge >= 0.3 is 6.18 Å². The Morgan fingerprint density at radius 2 is 1.82 bits per heavy atom. The molecule has 2 nitrogen and oxygen atoms in total. The molecule has 0 aliphatic heterocycles. The van der Waals surface area contributed by atoms with E-state index in [4.69, 9.17) is 0 Å². The van der Waals surface area contributed by atoms with Crippen LogP contribution in [0.2, 0.25) is 0 Å². The molecule has 0 aromatic heterocycles. The molecule has 1 unspecified atom stereocenters. The molecular weight excluding hydrogens is 301 g/mol. The van der Waals surface area contributed by atoms with Crippen molar-refractivity contribution in [2.24, 2.45) is 0 Å². The lowest BCUT2D eigenvalue weighted by Gasteiger charge is -2.12. The van der Waals surface area contributed by atoms with Gasteiger partial charge in [-0.3, -0.25) is 0 Å². The molecule has 0 bridgehead atoms. The monoisotopic (exact) mass is 312 g/mol. The highest BCUT2D eigenvalue weighted by Crippen LogP contribution is 2.15. The predicted molar refractivity (Wildman–Crippen MR) is 60.7 cm³/mol. The first-order chi connectivity index (χ1) is 7.87. The summed E-state index contributed by atoms with van der Waals surface area (Å²) in [6.45, 7) is -1.65. The lowest BCUT2D eigenvalue weighted by molar-refractivity contribution is -0.179. The molecular formula is C11H12BrF3O2. The number of alkyl halides is 3. The van der Waals surface area contributed by atoms with Crippen LogP contribution in [0.1, 0.15) is 5.56 Å². The van der Waals surface area contributed by atoms with Crippen LogP contribution in [0.3, 0.4) is 0 Å². The number of hydrogen-bond acceptors (Lipinski definition) is 2. The quantitative estimate of drug-likeness (QED) is 0.906. The summed E-state index contributed by atoms with van der Waals surface area (Å²) in [6, 6.07) is 7.19. The Kier molecular flexibility index (Phi) is 5.42. The zero-order valence-electron chi connectivity index (χ0n) is 8.88. The smallest absolute Gasteiger partial charge is 0.390 e. The summed E-state index contributed by atoms with van der Waals surface area (Å²) in [7, 11) is 0. The highest BCUT2D eigenvalue weighted by Gasteiger charge is 2.27. The molecule has 0 aliphatic carbocycles. The number of halogens is 4. The molecule has 0 fully saturated rings. The molecule has 0 amide bonds. The zero-order valence-corrected chi connectivity index (χ0v) is 10.5. The highest BCUT2D eigenvalue weighted by molar-refractivity contribution is 9.10. The van der Waals surface area contributed by atoms with Crippen molar-refractivity contribution in [2.75, 3.05) is 13.2 Å². The number of rotatable bonds is 5. The van der Waals surface area contributed by atoms with Crippen LogP contribution in [0.4, 0.5) is 13.2 Å². The average molecular weight is 313 g/mol. The van der Waals surface area contributed by atoms with Crippen LogP contribution in [0.5, 0.6) is 0 Å². The van der Waals surface area contributed by atoms with Crippen molar-refractivity contribution in [3.05, 3.63) is 34.3 Å². The summed E-state index contributed by atoms with van der Waals surface area (Å²) >= 11 is 3.26. The van der Waals surface area contributed by atoms with E-state index in [9.17, 15) is 18.3 Å². The van der Waals surface area contributed by atoms with E-state index >= 15 is 0 Å². The minimum absolute atomic E-state index is 0.269. The number of hydrogen-bond donors (Lipinski definition) is 1. The number of ether oxygens (including phenoxy) is 1. The standard InChI is InChI=1S/C11H12BrF3O2/c12-9-3-1-8(2-4-9)5-10(16)6-17-7-11(13,14)15/h1-4,10,16H,5-7H2. The minimum Gasteiger partial charge on any atom is -0.390 e. The third-order valence-corrected chi connectivity index (χ3v) is 2.49. The molecule has 1 rings (SSSR count). The molecule has 96 valence electrons. The van der Waals surface area contributed by atoms with E-state index in [1.807, 2.05) is 0 Å². The molecule has 0 spiro atoms. The van der Waals surface area contributed by atoms with Crippen LogP contribution in [0, 0.1) is 0 Å². The Labute approximate surface area is 106 Å². The fourth-order valence-corrected chi connectivity index (χ4v) is 1.53. The van der Waals surface area contributed by atoms with Gasteiger partial charge in [-0.25, -0.2) is 0 Å². The summed E-state index contributed by atoms with van der Waals surface area (Å²) in [5, 5.41) is 9.46. The maximum absolute atomic E-state index is 11.8. The van der Waals surface area contributed by atoms with Gasteiger partial charge in [0.15, 0.2) is 0 Å². The van der Waals surface area contributed by atoms with E-state index in [0.29, 0.717) is 0 Å². The Balaban J connectivity index is 2.30. The maximum atomic E-state index is 11.8. The molecule has 0 saturated heterocycles. The van der Waals surface area contributed by atoms with Crippen LogP contribution in [-0.2, 0) is 11.2 Å².